The highest BCUT2D eigenvalue weighted by Gasteiger charge is 2.40. The van der Waals surface area contributed by atoms with Crippen LogP contribution in [-0.4, -0.2) is 37.0 Å². The van der Waals surface area contributed by atoms with Crippen molar-refractivity contribution in [2.75, 3.05) is 0 Å². The van der Waals surface area contributed by atoms with Crippen LogP contribution in [0.5, 0.6) is 5.75 Å². The number of nitrogens with zero attached hydrogens (tertiary/aromatic N) is 1. The number of hydrogen-bond donors (Lipinski definition) is 6. The Morgan fingerprint density at radius 3 is 2.64 bits per heavy atom. The summed E-state index contributed by atoms with van der Waals surface area (Å²) in [6.07, 6.45) is 1.83. The number of aromatic nitrogens is 1. The lowest BCUT2D eigenvalue weighted by Crippen LogP contribution is -2.34. The zero-order chi connectivity index (χ0) is 18.9. The van der Waals surface area contributed by atoms with Crippen LogP contribution >= 0.6 is 7.82 Å². The molecule has 1 aliphatic carbocycles. The first-order valence-corrected chi connectivity index (χ1v) is 9.15. The number of carboxylic acid groups (broad SMARTS) is 1. The minimum Gasteiger partial charge on any atom is -0.506 e. The Labute approximate surface area is 144 Å². The standard InChI is InChI=1S/C14H22N3O7P/c1-6-13(18)11(8(4-17-6)5-24-25(21,22)23)12(16)9-2-7(14(19)20)3-10(9)15/h4,7,9-10,12,18H,2-3,5,15-16H2,1H3,(H,19,20)(H2,21,22,23)/t7-,9-,10-,12-/m1/s1. The molecule has 1 fully saturated rings. The van der Waals surface area contributed by atoms with Gasteiger partial charge in [0.05, 0.1) is 18.2 Å². The summed E-state index contributed by atoms with van der Waals surface area (Å²) in [5.41, 5.74) is 13.0. The van der Waals surface area contributed by atoms with Crippen LogP contribution in [0, 0.1) is 18.8 Å². The van der Waals surface area contributed by atoms with E-state index in [0.29, 0.717) is 0 Å². The van der Waals surface area contributed by atoms with Gasteiger partial charge in [-0.15, -0.1) is 0 Å². The highest BCUT2D eigenvalue weighted by atomic mass is 31.2. The van der Waals surface area contributed by atoms with Crippen LogP contribution in [0.25, 0.3) is 0 Å². The van der Waals surface area contributed by atoms with Gasteiger partial charge in [0.1, 0.15) is 5.75 Å². The van der Waals surface area contributed by atoms with Gasteiger partial charge in [-0.25, -0.2) is 4.57 Å². The number of carbonyl (C=O) groups is 1. The monoisotopic (exact) mass is 375 g/mol. The average Bonchev–Trinajstić information content (AvgIpc) is 2.89. The van der Waals surface area contributed by atoms with Gasteiger partial charge in [0.25, 0.3) is 0 Å². The molecule has 4 atom stereocenters. The van der Waals surface area contributed by atoms with E-state index in [9.17, 15) is 14.5 Å². The van der Waals surface area contributed by atoms with Crippen LogP contribution in [0.15, 0.2) is 6.20 Å². The normalized spacial score (nSPS) is 25.1. The first kappa shape index (κ1) is 19.8. The van der Waals surface area contributed by atoms with Crippen LogP contribution in [-0.2, 0) is 20.5 Å². The molecule has 8 N–H and O–H groups in total. The van der Waals surface area contributed by atoms with E-state index < -0.39 is 44.3 Å². The van der Waals surface area contributed by atoms with Crippen LogP contribution < -0.4 is 11.5 Å². The zero-order valence-corrected chi connectivity index (χ0v) is 14.5. The van der Waals surface area contributed by atoms with Crippen LogP contribution in [0.4, 0.5) is 0 Å². The number of pyridine rings is 1. The predicted molar refractivity (Wildman–Crippen MR) is 86.2 cm³/mol. The Kier molecular flexibility index (Phi) is 5.82. The Hall–Kier alpha value is -1.55. The molecule has 25 heavy (non-hydrogen) atoms. The molecule has 11 heteroatoms. The van der Waals surface area contributed by atoms with E-state index >= 15 is 0 Å². The summed E-state index contributed by atoms with van der Waals surface area (Å²) in [6, 6.07) is -1.30. The van der Waals surface area contributed by atoms with Gasteiger partial charge in [-0.2, -0.15) is 0 Å². The van der Waals surface area contributed by atoms with E-state index in [0.717, 1.165) is 0 Å². The number of nitrogens with two attached hydrogens (primary N) is 2. The zero-order valence-electron chi connectivity index (χ0n) is 13.6. The topological polar surface area (TPSA) is 189 Å². The molecule has 10 nitrogen and oxygen atoms in total. The molecule has 0 aromatic carbocycles. The molecule has 1 aromatic heterocycles. The molecule has 0 bridgehead atoms. The van der Waals surface area contributed by atoms with E-state index in [1.807, 2.05) is 0 Å². The smallest absolute Gasteiger partial charge is 0.469 e. The molecular weight excluding hydrogens is 353 g/mol. The van der Waals surface area contributed by atoms with Gasteiger partial charge in [0.2, 0.25) is 0 Å². The first-order valence-electron chi connectivity index (χ1n) is 7.62. The van der Waals surface area contributed by atoms with Gasteiger partial charge < -0.3 is 31.5 Å². The quantitative estimate of drug-likeness (QED) is 0.373. The molecule has 1 aromatic rings. The van der Waals surface area contributed by atoms with Gasteiger partial charge >= 0.3 is 13.8 Å². The second-order valence-corrected chi connectivity index (χ2v) is 7.49. The van der Waals surface area contributed by atoms with Gasteiger partial charge in [-0.05, 0) is 25.7 Å². The lowest BCUT2D eigenvalue weighted by molar-refractivity contribution is -0.141. The Morgan fingerprint density at radius 1 is 1.48 bits per heavy atom. The molecule has 0 aliphatic heterocycles. The SMILES string of the molecule is Cc1ncc(COP(=O)(O)O)c([C@H](N)[C@@H]2C[C@@H](C(=O)O)C[C@H]2N)c1O. The molecule has 0 radical (unpaired) electrons. The van der Waals surface area contributed by atoms with E-state index in [4.69, 9.17) is 26.4 Å². The maximum atomic E-state index is 11.2. The molecule has 0 unspecified atom stereocenters. The summed E-state index contributed by atoms with van der Waals surface area (Å²) >= 11 is 0. The fourth-order valence-electron chi connectivity index (χ4n) is 3.22. The molecule has 0 saturated heterocycles. The van der Waals surface area contributed by atoms with Crippen LogP contribution in [0.2, 0.25) is 0 Å². The fourth-order valence-corrected chi connectivity index (χ4v) is 3.53. The summed E-state index contributed by atoms with van der Waals surface area (Å²) in [5, 5.41) is 19.5. The summed E-state index contributed by atoms with van der Waals surface area (Å²) in [4.78, 5) is 32.9. The molecule has 0 amide bonds. The lowest BCUT2D eigenvalue weighted by Gasteiger charge is -2.26. The molecule has 1 saturated carbocycles. The van der Waals surface area contributed by atoms with E-state index in [1.165, 1.54) is 6.20 Å². The Balaban J connectivity index is 2.34. The van der Waals surface area contributed by atoms with Crippen LogP contribution in [0.1, 0.15) is 35.7 Å². The van der Waals surface area contributed by atoms with Crippen molar-refractivity contribution in [3.8, 4) is 5.75 Å². The fraction of sp³-hybridized carbons (Fsp3) is 0.571. The Bertz CT molecular complexity index is 708. The summed E-state index contributed by atoms with van der Waals surface area (Å²) in [5.74, 6) is -2.20. The number of aromatic hydroxyl groups is 1. The van der Waals surface area contributed by atoms with Crippen molar-refractivity contribution >= 4 is 13.8 Å². The third-order valence-electron chi connectivity index (χ3n) is 4.55. The third kappa shape index (κ3) is 4.55. The molecule has 2 rings (SSSR count). The summed E-state index contributed by atoms with van der Waals surface area (Å²) in [7, 11) is -4.72. The first-order chi connectivity index (χ1) is 11.5. The molecular formula is C14H22N3O7P. The van der Waals surface area contributed by atoms with Crippen LogP contribution in [0.3, 0.4) is 0 Å². The molecule has 1 aliphatic rings. The van der Waals surface area contributed by atoms with Crippen molar-refractivity contribution in [2.24, 2.45) is 23.3 Å². The van der Waals surface area contributed by atoms with Crippen molar-refractivity contribution in [2.45, 2.75) is 38.5 Å². The number of aliphatic carboxylic acids is 1. The van der Waals surface area contributed by atoms with Crippen molar-refractivity contribution in [1.82, 2.24) is 4.98 Å². The number of hydrogen-bond acceptors (Lipinski definition) is 7. The molecule has 0 spiro atoms. The average molecular weight is 375 g/mol. The maximum absolute atomic E-state index is 11.2. The lowest BCUT2D eigenvalue weighted by atomic mass is 9.87. The summed E-state index contributed by atoms with van der Waals surface area (Å²) in [6.45, 7) is 1.05. The van der Waals surface area contributed by atoms with E-state index in [2.05, 4.69) is 9.51 Å². The van der Waals surface area contributed by atoms with Crippen molar-refractivity contribution in [1.29, 1.82) is 0 Å². The number of phosphoric ester groups is 1. The highest BCUT2D eigenvalue weighted by molar-refractivity contribution is 7.46. The van der Waals surface area contributed by atoms with Gasteiger partial charge in [0, 0.05) is 29.4 Å². The van der Waals surface area contributed by atoms with Gasteiger partial charge in [-0.3, -0.25) is 14.3 Å². The minimum atomic E-state index is -4.72. The second kappa shape index (κ2) is 7.36. The van der Waals surface area contributed by atoms with E-state index in [1.54, 1.807) is 6.92 Å². The highest BCUT2D eigenvalue weighted by Crippen LogP contribution is 2.43. The van der Waals surface area contributed by atoms with Gasteiger partial charge in [0.15, 0.2) is 0 Å². The number of rotatable bonds is 6. The van der Waals surface area contributed by atoms with E-state index in [-0.39, 0.29) is 35.4 Å². The van der Waals surface area contributed by atoms with Gasteiger partial charge in [-0.1, -0.05) is 0 Å². The maximum Gasteiger partial charge on any atom is 0.469 e. The Morgan fingerprint density at radius 2 is 2.12 bits per heavy atom. The number of aryl methyl sites for hydroxylation is 1. The predicted octanol–water partition coefficient (Wildman–Crippen LogP) is 0.143. The molecule has 140 valence electrons. The van der Waals surface area contributed by atoms with Crippen molar-refractivity contribution < 1.29 is 33.9 Å². The minimum absolute atomic E-state index is 0.213. The number of carboxylic acids is 1. The van der Waals surface area contributed by atoms with Crippen molar-refractivity contribution in [3.63, 3.8) is 0 Å². The summed E-state index contributed by atoms with van der Waals surface area (Å²) < 4.78 is 15.4. The molecule has 1 heterocycles. The number of phosphoric acid groups is 1. The second-order valence-electron chi connectivity index (χ2n) is 6.26. The van der Waals surface area contributed by atoms with Crippen molar-refractivity contribution in [3.05, 3.63) is 23.0 Å². The third-order valence-corrected chi connectivity index (χ3v) is 5.02. The largest absolute Gasteiger partial charge is 0.506 e.